The average molecular weight is 349 g/mol. The minimum atomic E-state index is -0.470. The van der Waals surface area contributed by atoms with E-state index >= 15 is 0 Å². The number of hydrogen-bond acceptors (Lipinski definition) is 3. The van der Waals surface area contributed by atoms with Gasteiger partial charge in [-0.3, -0.25) is 4.99 Å². The first kappa shape index (κ1) is 18.5. The summed E-state index contributed by atoms with van der Waals surface area (Å²) in [5.41, 5.74) is 6.21. The van der Waals surface area contributed by atoms with Gasteiger partial charge >= 0.3 is 11.8 Å². The van der Waals surface area contributed by atoms with E-state index in [-0.39, 0.29) is 5.84 Å². The Hall–Kier alpha value is -1.50. The molecule has 0 heterocycles. The van der Waals surface area contributed by atoms with E-state index in [1.807, 2.05) is 14.1 Å². The van der Waals surface area contributed by atoms with Gasteiger partial charge < -0.3 is 9.64 Å². The summed E-state index contributed by atoms with van der Waals surface area (Å²) >= 11 is 12.0. The van der Waals surface area contributed by atoms with Crippen LogP contribution in [0.25, 0.3) is 0 Å². The molecule has 0 aliphatic heterocycles. The van der Waals surface area contributed by atoms with Crippen molar-refractivity contribution < 1.29 is 19.4 Å². The molecule has 0 aromatic heterocycles. The predicted molar refractivity (Wildman–Crippen MR) is 88.4 cm³/mol. The summed E-state index contributed by atoms with van der Waals surface area (Å²) < 4.78 is 5.00. The third kappa shape index (κ3) is 6.51. The molecule has 6 nitrogen and oxygen atoms in total. The maximum absolute atomic E-state index is 11.9. The van der Waals surface area contributed by atoms with Crippen molar-refractivity contribution in [3.63, 3.8) is 0 Å². The highest BCUT2D eigenvalue weighted by Gasteiger charge is 2.20. The van der Waals surface area contributed by atoms with Crippen LogP contribution in [0.1, 0.15) is 6.92 Å². The number of rotatable bonds is 6. The maximum Gasteiger partial charge on any atom is 0.423 e. The number of amidine groups is 1. The molecule has 0 spiro atoms. The molecule has 0 aliphatic rings. The lowest BCUT2D eigenvalue weighted by atomic mass is 10.3. The van der Waals surface area contributed by atoms with Gasteiger partial charge in [0, 0.05) is 5.02 Å². The monoisotopic (exact) mass is 348 g/mol. The Bertz CT molecular complexity index is 536. The van der Waals surface area contributed by atoms with Crippen LogP contribution in [0, 0.1) is 0 Å². The number of carbonyl (C=O) groups is 1. The van der Waals surface area contributed by atoms with E-state index in [0.29, 0.717) is 28.9 Å². The predicted octanol–water partition coefficient (Wildman–Crippen LogP) is -0.903. The van der Waals surface area contributed by atoms with E-state index in [4.69, 9.17) is 27.9 Å². The summed E-state index contributed by atoms with van der Waals surface area (Å²) in [5, 5.41) is 1.02. The minimum Gasteiger partial charge on any atom is -0.457 e. The molecule has 0 amide bonds. The van der Waals surface area contributed by atoms with E-state index in [0.717, 1.165) is 6.54 Å². The van der Waals surface area contributed by atoms with Gasteiger partial charge in [-0.1, -0.05) is 23.2 Å². The van der Waals surface area contributed by atoms with Gasteiger partial charge in [-0.25, -0.2) is 10.2 Å². The van der Waals surface area contributed by atoms with Gasteiger partial charge in [0.25, 0.3) is 0 Å². The third-order valence-corrected chi connectivity index (χ3v) is 3.22. The van der Waals surface area contributed by atoms with Crippen LogP contribution in [0.15, 0.2) is 18.2 Å². The topological polar surface area (TPSA) is 68.8 Å². The van der Waals surface area contributed by atoms with Gasteiger partial charge in [-0.05, 0) is 25.1 Å². The Kier molecular flexibility index (Phi) is 8.01. The maximum atomic E-state index is 11.9. The Morgan fingerprint density at radius 2 is 2.09 bits per heavy atom. The van der Waals surface area contributed by atoms with Gasteiger partial charge in [-0.2, -0.15) is 5.43 Å². The van der Waals surface area contributed by atoms with Crippen molar-refractivity contribution in [3.05, 3.63) is 28.2 Å². The molecule has 8 heteroatoms. The van der Waals surface area contributed by atoms with Crippen LogP contribution in [-0.4, -0.2) is 45.6 Å². The largest absolute Gasteiger partial charge is 0.457 e. The van der Waals surface area contributed by atoms with Crippen LogP contribution in [0.5, 0.6) is 0 Å². The highest BCUT2D eigenvalue weighted by Crippen LogP contribution is 2.24. The lowest BCUT2D eigenvalue weighted by Gasteiger charge is -2.08. The van der Waals surface area contributed by atoms with E-state index in [1.54, 1.807) is 25.1 Å². The zero-order valence-corrected chi connectivity index (χ0v) is 14.4. The average Bonchev–Trinajstić information content (AvgIpc) is 2.45. The number of esters is 1. The second-order valence-corrected chi connectivity index (χ2v) is 5.70. The number of likely N-dealkylation sites (N-methyl/N-ethyl adjacent to an activating group) is 1. The molecule has 0 atom stereocenters. The molecule has 22 heavy (non-hydrogen) atoms. The SMILES string of the molecule is CCOC(=O)C(NNc1cc(Cl)ccc1Cl)=[NH+]CC[NH+](C)C. The molecular weight excluding hydrogens is 327 g/mol. The second kappa shape index (κ2) is 9.50. The number of halogens is 2. The fourth-order valence-electron chi connectivity index (χ4n) is 1.53. The summed E-state index contributed by atoms with van der Waals surface area (Å²) in [6.45, 7) is 3.51. The molecule has 1 aromatic carbocycles. The first-order valence-electron chi connectivity index (χ1n) is 6.98. The Balaban J connectivity index is 2.75. The molecule has 1 rings (SSSR count). The number of carbonyl (C=O) groups excluding carboxylic acids is 1. The van der Waals surface area contributed by atoms with Crippen molar-refractivity contribution in [3.8, 4) is 0 Å². The highest BCUT2D eigenvalue weighted by atomic mass is 35.5. The van der Waals surface area contributed by atoms with Crippen LogP contribution in [-0.2, 0) is 9.53 Å². The molecule has 0 unspecified atom stereocenters. The Morgan fingerprint density at radius 3 is 2.73 bits per heavy atom. The van der Waals surface area contributed by atoms with Crippen molar-refractivity contribution in [1.82, 2.24) is 5.43 Å². The van der Waals surface area contributed by atoms with Crippen LogP contribution in [0.2, 0.25) is 10.0 Å². The smallest absolute Gasteiger partial charge is 0.423 e. The first-order chi connectivity index (χ1) is 10.4. The highest BCUT2D eigenvalue weighted by molar-refractivity contribution is 6.35. The number of hydrazine groups is 1. The quantitative estimate of drug-likeness (QED) is 0.233. The van der Waals surface area contributed by atoms with E-state index in [2.05, 4.69) is 15.8 Å². The lowest BCUT2D eigenvalue weighted by Crippen LogP contribution is -3.08. The molecule has 0 saturated heterocycles. The van der Waals surface area contributed by atoms with Gasteiger partial charge in [0.05, 0.1) is 31.4 Å². The number of nitrogens with one attached hydrogen (secondary N) is 4. The minimum absolute atomic E-state index is 0.221. The molecule has 122 valence electrons. The van der Waals surface area contributed by atoms with Crippen LogP contribution >= 0.6 is 23.2 Å². The van der Waals surface area contributed by atoms with Crippen LogP contribution < -0.4 is 20.7 Å². The molecule has 0 aliphatic carbocycles. The first-order valence-corrected chi connectivity index (χ1v) is 7.73. The molecular formula is C14H22Cl2N4O2+2. The Labute approximate surface area is 140 Å². The summed E-state index contributed by atoms with van der Waals surface area (Å²) in [5.74, 6) is -0.249. The number of anilines is 1. The van der Waals surface area contributed by atoms with Crippen molar-refractivity contribution in [1.29, 1.82) is 0 Å². The summed E-state index contributed by atoms with van der Waals surface area (Å²) in [6.07, 6.45) is 0. The van der Waals surface area contributed by atoms with E-state index in [1.165, 1.54) is 4.90 Å². The van der Waals surface area contributed by atoms with Gasteiger partial charge in [0.1, 0.15) is 13.1 Å². The van der Waals surface area contributed by atoms with Crippen molar-refractivity contribution >= 4 is 40.7 Å². The molecule has 0 bridgehead atoms. The van der Waals surface area contributed by atoms with Crippen molar-refractivity contribution in [2.75, 3.05) is 39.2 Å². The summed E-state index contributed by atoms with van der Waals surface area (Å²) in [7, 11) is 4.06. The van der Waals surface area contributed by atoms with Crippen molar-refractivity contribution in [2.45, 2.75) is 6.92 Å². The van der Waals surface area contributed by atoms with Crippen LogP contribution in [0.4, 0.5) is 5.69 Å². The van der Waals surface area contributed by atoms with Crippen LogP contribution in [0.3, 0.4) is 0 Å². The zero-order valence-electron chi connectivity index (χ0n) is 12.9. The van der Waals surface area contributed by atoms with E-state index in [9.17, 15) is 4.79 Å². The third-order valence-electron chi connectivity index (χ3n) is 2.66. The summed E-state index contributed by atoms with van der Waals surface area (Å²) in [6, 6.07) is 5.01. The number of benzene rings is 1. The standard InChI is InChI=1S/C14H20Cl2N4O2/c1-4-22-14(21)13(17-7-8-20(2)3)19-18-12-9-10(15)5-6-11(12)16/h5-6,9,18H,4,7-8H2,1-3H3,(H,17,19)/p+2. The fourth-order valence-corrected chi connectivity index (χ4v) is 1.87. The Morgan fingerprint density at radius 1 is 1.36 bits per heavy atom. The molecule has 0 saturated carbocycles. The van der Waals surface area contributed by atoms with Gasteiger partial charge in [0.15, 0.2) is 0 Å². The zero-order chi connectivity index (χ0) is 16.5. The molecule has 0 radical (unpaired) electrons. The number of ether oxygens (including phenoxy) is 1. The lowest BCUT2D eigenvalue weighted by molar-refractivity contribution is -0.866. The molecule has 0 fully saturated rings. The summed E-state index contributed by atoms with van der Waals surface area (Å²) in [4.78, 5) is 16.2. The number of hydrogen-bond donors (Lipinski definition) is 4. The number of quaternary nitrogens is 1. The van der Waals surface area contributed by atoms with Gasteiger partial charge in [-0.15, -0.1) is 0 Å². The molecule has 1 aromatic rings. The van der Waals surface area contributed by atoms with E-state index < -0.39 is 5.97 Å². The normalized spacial score (nSPS) is 11.5. The second-order valence-electron chi connectivity index (χ2n) is 4.85. The fraction of sp³-hybridized carbons (Fsp3) is 0.429. The van der Waals surface area contributed by atoms with Crippen molar-refractivity contribution in [2.24, 2.45) is 0 Å². The van der Waals surface area contributed by atoms with Gasteiger partial charge in [0.2, 0.25) is 0 Å². The molecule has 4 N–H and O–H groups in total.